The number of hydrogen-bond acceptors (Lipinski definition) is 4. The molecule has 0 rings (SSSR count). The minimum absolute atomic E-state index is 0. The van der Waals surface area contributed by atoms with Gasteiger partial charge in [0, 0.05) is 31.5 Å². The fourth-order valence-corrected chi connectivity index (χ4v) is 17.8. The lowest BCUT2D eigenvalue weighted by molar-refractivity contribution is -0.244. The van der Waals surface area contributed by atoms with Gasteiger partial charge in [0.15, 0.2) is 0 Å². The van der Waals surface area contributed by atoms with Gasteiger partial charge in [0.05, 0.1) is 5.41 Å². The van der Waals surface area contributed by atoms with Crippen molar-refractivity contribution in [1.29, 1.82) is 0 Å². The van der Waals surface area contributed by atoms with E-state index in [0.29, 0.717) is 91.6 Å². The number of ketones is 2. The highest BCUT2D eigenvalue weighted by Crippen LogP contribution is 2.51. The number of aliphatic hydroxyl groups excluding tert-OH is 1. The molecule has 1 unspecified atom stereocenters. The molecule has 0 saturated heterocycles. The molecule has 0 aliphatic rings. The maximum absolute atomic E-state index is 12.9. The summed E-state index contributed by atoms with van der Waals surface area (Å²) in [6.07, 6.45) is 42.4. The molecule has 0 amide bonds. The molecule has 8 heteroatoms. The zero-order chi connectivity index (χ0) is 102. The van der Waals surface area contributed by atoms with E-state index in [1.54, 1.807) is 40.9 Å². The van der Waals surface area contributed by atoms with Crippen LogP contribution in [0.1, 0.15) is 605 Å². The molecule has 0 heterocycles. The number of carbonyl (C=O) groups is 2. The van der Waals surface area contributed by atoms with Crippen LogP contribution in [0, 0.1) is 131 Å². The summed E-state index contributed by atoms with van der Waals surface area (Å²) in [5.74, 6) is 13.9. The van der Waals surface area contributed by atoms with Crippen LogP contribution < -0.4 is 0 Å². The highest BCUT2D eigenvalue weighted by molar-refractivity contribution is 7.99. The molecular formula is C120H257F3O4S. The van der Waals surface area contributed by atoms with Gasteiger partial charge in [-0.25, -0.2) is 0 Å². The quantitative estimate of drug-likeness (QED) is 0.0487. The first kappa shape index (κ1) is 153. The third-order valence-corrected chi connectivity index (χ3v) is 35.6. The number of carbonyl (C=O) groups excluding carboxylic acids is 2. The van der Waals surface area contributed by atoms with Crippen LogP contribution in [-0.4, -0.2) is 51.5 Å². The number of rotatable bonds is 56. The van der Waals surface area contributed by atoms with E-state index in [9.17, 15) is 32.1 Å². The first-order valence-corrected chi connectivity index (χ1v) is 56.7. The van der Waals surface area contributed by atoms with Crippen LogP contribution in [0.2, 0.25) is 0 Å². The van der Waals surface area contributed by atoms with Crippen LogP contribution in [0.15, 0.2) is 0 Å². The molecule has 4 nitrogen and oxygen atoms in total. The van der Waals surface area contributed by atoms with E-state index in [1.165, 1.54) is 180 Å². The molecular weight excluding hydrogens is 1590 g/mol. The smallest absolute Gasteiger partial charge is 0.394 e. The van der Waals surface area contributed by atoms with E-state index >= 15 is 0 Å². The maximum atomic E-state index is 12.9. The third-order valence-electron chi connectivity index (χ3n) is 34.5. The molecule has 0 aromatic heterocycles. The summed E-state index contributed by atoms with van der Waals surface area (Å²) in [4.78, 5) is 22.0. The number of halogens is 3. The first-order valence-electron chi connectivity index (χ1n) is 54.4. The maximum Gasteiger partial charge on any atom is 0.394 e. The number of alkyl halides is 3. The summed E-state index contributed by atoms with van der Waals surface area (Å²) in [5, 5.41) is 9.26. The topological polar surface area (TPSA) is 71.4 Å². The van der Waals surface area contributed by atoms with Crippen molar-refractivity contribution in [2.24, 2.45) is 131 Å². The molecule has 788 valence electrons. The second kappa shape index (κ2) is 81.0. The van der Waals surface area contributed by atoms with Crippen molar-refractivity contribution >= 4 is 27.0 Å². The molecule has 0 saturated carbocycles. The number of hydrogen-bond donors (Lipinski definition) is 1. The van der Waals surface area contributed by atoms with E-state index in [1.807, 2.05) is 6.92 Å². The Morgan fingerprint density at radius 1 is 0.273 bits per heavy atom. The minimum Gasteiger partial charge on any atom is -0.396 e. The van der Waals surface area contributed by atoms with Gasteiger partial charge in [-0.1, -0.05) is 488 Å². The monoisotopic (exact) mass is 1850 g/mol. The van der Waals surface area contributed by atoms with Crippen molar-refractivity contribution in [1.82, 2.24) is 0 Å². The van der Waals surface area contributed by atoms with Gasteiger partial charge in [-0.3, -0.25) is 4.21 Å². The Kier molecular flexibility index (Phi) is 96.5. The summed E-state index contributed by atoms with van der Waals surface area (Å²) < 4.78 is 50.5. The van der Waals surface area contributed by atoms with Crippen molar-refractivity contribution in [3.63, 3.8) is 0 Å². The Hall–Kier alpha value is -0.890. The molecule has 1 N–H and O–H groups in total. The van der Waals surface area contributed by atoms with Gasteiger partial charge >= 0.3 is 6.18 Å². The van der Waals surface area contributed by atoms with Crippen LogP contribution >= 0.6 is 0 Å². The van der Waals surface area contributed by atoms with Gasteiger partial charge < -0.3 is 14.7 Å². The summed E-state index contributed by atoms with van der Waals surface area (Å²) in [6.45, 7) is 113. The SMILES string of the molecule is C.C.C=S(C)(=O)CC[C@](C)(CCCC)C(C)C.CCCCC(C)(C(C)C)C(C)C.CCCCC(C)(C(C)C)C(C)C.CCCCC(C)(C(C)C)C(C)C.CCCCC[C@@](C)(CO)C(C)C.CCCC[C@@](C)(CC)C(C)C.CCCC[C@@](C)(CCC(C)=O)C(C)C.CCCC[C@@](C)(CCC(C)=O)C(C)C.CCCC[C@@](CC)(C(C)C)C(F)(F)F.CCC[C@@](C)(CC)C(C)C. The second-order valence-electron chi connectivity index (χ2n) is 47.4. The van der Waals surface area contributed by atoms with Crippen LogP contribution in [0.5, 0.6) is 0 Å². The highest BCUT2D eigenvalue weighted by atomic mass is 32.2. The molecule has 0 fully saturated rings. The van der Waals surface area contributed by atoms with Crippen molar-refractivity contribution in [3.8, 4) is 0 Å². The molecule has 0 radical (unpaired) electrons. The van der Waals surface area contributed by atoms with E-state index in [0.717, 1.165) is 98.0 Å². The number of aliphatic hydroxyl groups is 1. The number of Topliss-reactive ketones (excluding diaryl/α,β-unsaturated/α-hetero) is 2. The third kappa shape index (κ3) is 69.0. The molecule has 0 aromatic carbocycles. The second-order valence-corrected chi connectivity index (χ2v) is 50.2. The van der Waals surface area contributed by atoms with Gasteiger partial charge in [0.2, 0.25) is 0 Å². The van der Waals surface area contributed by atoms with Crippen LogP contribution in [0.4, 0.5) is 13.2 Å². The molecule has 0 spiro atoms. The Morgan fingerprint density at radius 2 is 0.484 bits per heavy atom. The van der Waals surface area contributed by atoms with E-state index in [2.05, 4.69) is 311 Å². The minimum atomic E-state index is -4.06. The van der Waals surface area contributed by atoms with E-state index in [-0.39, 0.29) is 39.0 Å². The predicted octanol–water partition coefficient (Wildman–Crippen LogP) is 42.9. The van der Waals surface area contributed by atoms with Crippen molar-refractivity contribution in [3.05, 3.63) is 0 Å². The summed E-state index contributed by atoms with van der Waals surface area (Å²) in [6, 6.07) is 0. The molecule has 0 aromatic rings. The first-order chi connectivity index (χ1) is 57.4. The lowest BCUT2D eigenvalue weighted by Gasteiger charge is -2.38. The van der Waals surface area contributed by atoms with Crippen molar-refractivity contribution in [2.75, 3.05) is 18.6 Å². The average molecular weight is 1850 g/mol. The summed E-state index contributed by atoms with van der Waals surface area (Å²) in [7, 11) is -1.82. The van der Waals surface area contributed by atoms with E-state index < -0.39 is 21.1 Å². The van der Waals surface area contributed by atoms with Gasteiger partial charge in [0.25, 0.3) is 0 Å². The molecule has 0 aliphatic heterocycles. The van der Waals surface area contributed by atoms with Crippen LogP contribution in [0.3, 0.4) is 0 Å². The van der Waals surface area contributed by atoms with E-state index in [4.69, 9.17) is 0 Å². The van der Waals surface area contributed by atoms with Gasteiger partial charge in [-0.15, -0.1) is 0 Å². The van der Waals surface area contributed by atoms with Crippen molar-refractivity contribution in [2.45, 2.75) is 611 Å². The molecule has 0 bridgehead atoms. The lowest BCUT2D eigenvalue weighted by Crippen LogP contribution is -2.42. The Balaban J connectivity index is -0.000000117. The summed E-state index contributed by atoms with van der Waals surface area (Å²) >= 11 is 0. The van der Waals surface area contributed by atoms with Crippen LogP contribution in [0.25, 0.3) is 0 Å². The standard InChI is InChI=1S/C13H28OS.2C13H26O.3C12H26.C11H21F3.C11H24O.C11H24.C10H22.2CH4/c1-7-8-9-13(4,12(2)3)10-11-15(5,6)14;2*1-6-7-9-13(5,11(2)3)10-8-12(4)14;3*1-7-8-9-12(6,10(2)3)11(4)5;1-5-7-8-10(6-2,9(3)4)11(12,13)14;1-5-6-7-8-11(4,9-12)10(2)3;1-6-8-9-11(5,7-2)10(3)4;1-6-8-10(5,7-2)9(3)4;;/h12H,5,7-11H2,1-4,6H3;2*11H,6-10H2,1-5H3;3*10-11H,7-9H2,1-6H3;9H,5-8H2,1-4H3;10,12H,5-9H2,1-4H3;10H,6-9H2,1-5H3;9H,6-8H2,1-5H3;2*1H4/t13-,15?;2*13-;;;;10-;2*11-;10-;;/m000...0011../s1. The molecule has 8 atom stereocenters. The normalized spacial score (nSPS) is 15.6. The number of unbranched alkanes of at least 4 members (excludes halogenated alkanes) is 10. The zero-order valence-electron chi connectivity index (χ0n) is 97.2. The Bertz CT molecular complexity index is 2400. The summed E-state index contributed by atoms with van der Waals surface area (Å²) in [5.41, 5.74) is 2.58. The fourth-order valence-electron chi connectivity index (χ4n) is 16.9. The molecule has 0 aliphatic carbocycles. The van der Waals surface area contributed by atoms with Gasteiger partial charge in [-0.05, 0) is 245 Å². The lowest BCUT2D eigenvalue weighted by atomic mass is 9.67. The molecule has 128 heavy (non-hydrogen) atoms. The zero-order valence-corrected chi connectivity index (χ0v) is 98.0. The predicted molar refractivity (Wildman–Crippen MR) is 592 cm³/mol. The Labute approximate surface area is 814 Å². The highest BCUT2D eigenvalue weighted by Gasteiger charge is 2.54. The largest absolute Gasteiger partial charge is 0.396 e. The van der Waals surface area contributed by atoms with Gasteiger partial charge in [0.1, 0.15) is 11.6 Å². The van der Waals surface area contributed by atoms with Gasteiger partial charge in [-0.2, -0.15) is 13.2 Å². The van der Waals surface area contributed by atoms with Crippen LogP contribution in [-0.2, 0) is 19.1 Å². The Morgan fingerprint density at radius 3 is 0.648 bits per heavy atom. The fraction of sp³-hybridized carbons (Fsp3) is 0.975. The van der Waals surface area contributed by atoms with Crippen molar-refractivity contribution < 1.29 is 32.1 Å². The average Bonchev–Trinajstić information content (AvgIpc) is 0.789.